The summed E-state index contributed by atoms with van der Waals surface area (Å²) < 4.78 is 0. The Balaban J connectivity index is 2.42. The zero-order chi connectivity index (χ0) is 11.8. The average molecular weight is 219 g/mol. The van der Waals surface area contributed by atoms with Crippen LogP contribution >= 0.6 is 0 Å². The SMILES string of the molecule is [N-]=[N+]=NCC(=O)NCc1ccc(CN)cc1. The molecule has 0 saturated carbocycles. The highest BCUT2D eigenvalue weighted by Crippen LogP contribution is 2.03. The average Bonchev–Trinajstić information content (AvgIpc) is 2.34. The number of nitrogens with zero attached hydrogens (tertiary/aromatic N) is 3. The smallest absolute Gasteiger partial charge is 0.226 e. The van der Waals surface area contributed by atoms with E-state index in [-0.39, 0.29) is 12.5 Å². The summed E-state index contributed by atoms with van der Waals surface area (Å²) in [6, 6.07) is 7.62. The molecule has 0 saturated heterocycles. The lowest BCUT2D eigenvalue weighted by Gasteiger charge is -2.04. The number of amides is 1. The Hall–Kier alpha value is -2.04. The van der Waals surface area contributed by atoms with Crippen LogP contribution in [0.5, 0.6) is 0 Å². The maximum atomic E-state index is 11.1. The Kier molecular flexibility index (Phi) is 4.85. The van der Waals surface area contributed by atoms with Crippen molar-refractivity contribution in [3.8, 4) is 0 Å². The first-order valence-electron chi connectivity index (χ1n) is 4.81. The molecule has 0 aromatic heterocycles. The zero-order valence-electron chi connectivity index (χ0n) is 8.76. The van der Waals surface area contributed by atoms with Crippen LogP contribution in [0.4, 0.5) is 0 Å². The van der Waals surface area contributed by atoms with Gasteiger partial charge < -0.3 is 11.1 Å². The molecule has 0 aliphatic heterocycles. The van der Waals surface area contributed by atoms with Crippen molar-refractivity contribution in [2.45, 2.75) is 13.1 Å². The van der Waals surface area contributed by atoms with Crippen molar-refractivity contribution < 1.29 is 4.79 Å². The van der Waals surface area contributed by atoms with Crippen molar-refractivity contribution >= 4 is 5.91 Å². The van der Waals surface area contributed by atoms with E-state index in [1.54, 1.807) is 0 Å². The number of rotatable bonds is 5. The second-order valence-corrected chi connectivity index (χ2v) is 3.19. The van der Waals surface area contributed by atoms with Crippen LogP contribution in [0.15, 0.2) is 29.4 Å². The van der Waals surface area contributed by atoms with Crippen LogP contribution < -0.4 is 11.1 Å². The van der Waals surface area contributed by atoms with Crippen molar-refractivity contribution in [2.24, 2.45) is 10.8 Å². The van der Waals surface area contributed by atoms with Gasteiger partial charge in [0.2, 0.25) is 5.91 Å². The third-order valence-electron chi connectivity index (χ3n) is 2.03. The summed E-state index contributed by atoms with van der Waals surface area (Å²) in [5.41, 5.74) is 15.5. The third-order valence-corrected chi connectivity index (χ3v) is 2.03. The van der Waals surface area contributed by atoms with Crippen molar-refractivity contribution in [2.75, 3.05) is 6.54 Å². The molecule has 16 heavy (non-hydrogen) atoms. The Bertz CT molecular complexity index is 394. The van der Waals surface area contributed by atoms with E-state index in [9.17, 15) is 4.79 Å². The van der Waals surface area contributed by atoms with Crippen LogP contribution in [0.25, 0.3) is 10.4 Å². The Morgan fingerprint density at radius 3 is 2.56 bits per heavy atom. The summed E-state index contributed by atoms with van der Waals surface area (Å²) in [5, 5.41) is 5.80. The number of nitrogens with two attached hydrogens (primary N) is 1. The van der Waals surface area contributed by atoms with Gasteiger partial charge in [0.15, 0.2) is 0 Å². The highest BCUT2D eigenvalue weighted by atomic mass is 16.1. The number of hydrogen-bond acceptors (Lipinski definition) is 3. The maximum absolute atomic E-state index is 11.1. The van der Waals surface area contributed by atoms with E-state index < -0.39 is 0 Å². The summed E-state index contributed by atoms with van der Waals surface area (Å²) >= 11 is 0. The van der Waals surface area contributed by atoms with Gasteiger partial charge in [0, 0.05) is 18.0 Å². The van der Waals surface area contributed by atoms with Gasteiger partial charge >= 0.3 is 0 Å². The molecule has 6 nitrogen and oxygen atoms in total. The monoisotopic (exact) mass is 219 g/mol. The minimum Gasteiger partial charge on any atom is -0.352 e. The van der Waals surface area contributed by atoms with E-state index in [1.807, 2.05) is 24.3 Å². The van der Waals surface area contributed by atoms with E-state index >= 15 is 0 Å². The van der Waals surface area contributed by atoms with Gasteiger partial charge in [-0.15, -0.1) is 0 Å². The van der Waals surface area contributed by atoms with Crippen molar-refractivity contribution in [3.63, 3.8) is 0 Å². The van der Waals surface area contributed by atoms with Crippen LogP contribution in [0.3, 0.4) is 0 Å². The fourth-order valence-electron chi connectivity index (χ4n) is 1.15. The van der Waals surface area contributed by atoms with Crippen LogP contribution in [0.2, 0.25) is 0 Å². The Morgan fingerprint density at radius 1 is 1.38 bits per heavy atom. The first kappa shape index (κ1) is 12.0. The van der Waals surface area contributed by atoms with Gasteiger partial charge in [-0.2, -0.15) is 0 Å². The number of carbonyl (C=O) groups is 1. The molecule has 6 heteroatoms. The van der Waals surface area contributed by atoms with Crippen LogP contribution in [0.1, 0.15) is 11.1 Å². The predicted molar refractivity (Wildman–Crippen MR) is 60.2 cm³/mol. The second-order valence-electron chi connectivity index (χ2n) is 3.19. The molecular formula is C10H13N5O. The van der Waals surface area contributed by atoms with Gasteiger partial charge in [-0.3, -0.25) is 4.79 Å². The largest absolute Gasteiger partial charge is 0.352 e. The molecule has 3 N–H and O–H groups in total. The molecule has 0 fully saturated rings. The quantitative estimate of drug-likeness (QED) is 0.439. The molecule has 0 heterocycles. The molecule has 0 unspecified atom stereocenters. The van der Waals surface area contributed by atoms with Gasteiger partial charge in [-0.1, -0.05) is 29.4 Å². The van der Waals surface area contributed by atoms with Gasteiger partial charge in [-0.25, -0.2) is 0 Å². The molecule has 84 valence electrons. The third kappa shape index (κ3) is 4.00. The summed E-state index contributed by atoms with van der Waals surface area (Å²) in [4.78, 5) is 13.6. The van der Waals surface area contributed by atoms with Crippen molar-refractivity contribution in [1.82, 2.24) is 5.32 Å². The van der Waals surface area contributed by atoms with E-state index in [4.69, 9.17) is 11.3 Å². The summed E-state index contributed by atoms with van der Waals surface area (Å²) in [5.74, 6) is -0.291. The minimum absolute atomic E-state index is 0.169. The van der Waals surface area contributed by atoms with E-state index in [2.05, 4.69) is 15.3 Å². The highest BCUT2D eigenvalue weighted by molar-refractivity contribution is 5.78. The second kappa shape index (κ2) is 6.44. The van der Waals surface area contributed by atoms with Crippen molar-refractivity contribution in [3.05, 3.63) is 45.8 Å². The number of hydrogen-bond donors (Lipinski definition) is 2. The fraction of sp³-hybridized carbons (Fsp3) is 0.300. The van der Waals surface area contributed by atoms with Gasteiger partial charge in [0.05, 0.1) is 0 Å². The van der Waals surface area contributed by atoms with E-state index in [0.717, 1.165) is 11.1 Å². The first-order chi connectivity index (χ1) is 7.76. The number of azide groups is 1. The number of carbonyl (C=O) groups excluding carboxylic acids is 1. The van der Waals surface area contributed by atoms with Crippen LogP contribution in [0, 0.1) is 0 Å². The van der Waals surface area contributed by atoms with E-state index in [0.29, 0.717) is 13.1 Å². The molecule has 0 radical (unpaired) electrons. The molecule has 1 amide bonds. The summed E-state index contributed by atoms with van der Waals surface area (Å²) in [6.07, 6.45) is 0. The molecule has 1 aromatic carbocycles. The summed E-state index contributed by atoms with van der Waals surface area (Å²) in [7, 11) is 0. The lowest BCUT2D eigenvalue weighted by atomic mass is 10.1. The molecule has 1 aromatic rings. The van der Waals surface area contributed by atoms with E-state index in [1.165, 1.54) is 0 Å². The molecule has 0 bridgehead atoms. The standard InChI is InChI=1S/C10H13N5O/c11-5-8-1-3-9(4-2-8)6-13-10(16)7-14-15-12/h1-4H,5-7,11H2,(H,13,16). The molecule has 0 aliphatic carbocycles. The molecule has 1 rings (SSSR count). The van der Waals surface area contributed by atoms with Crippen LogP contribution in [-0.4, -0.2) is 12.5 Å². The van der Waals surface area contributed by atoms with Gasteiger partial charge in [0.25, 0.3) is 0 Å². The van der Waals surface area contributed by atoms with Gasteiger partial charge in [0.1, 0.15) is 6.54 Å². The highest BCUT2D eigenvalue weighted by Gasteiger charge is 1.99. The summed E-state index contributed by atoms with van der Waals surface area (Å²) in [6.45, 7) is 0.755. The fourth-order valence-corrected chi connectivity index (χ4v) is 1.15. The topological polar surface area (TPSA) is 104 Å². The number of nitrogens with one attached hydrogen (secondary N) is 1. The van der Waals surface area contributed by atoms with Crippen molar-refractivity contribution in [1.29, 1.82) is 0 Å². The molecular weight excluding hydrogens is 206 g/mol. The van der Waals surface area contributed by atoms with Gasteiger partial charge in [-0.05, 0) is 16.7 Å². The molecule has 0 atom stereocenters. The Morgan fingerprint density at radius 2 is 2.00 bits per heavy atom. The number of benzene rings is 1. The Labute approximate surface area is 93.1 Å². The maximum Gasteiger partial charge on any atom is 0.226 e. The van der Waals surface area contributed by atoms with Crippen LogP contribution in [-0.2, 0) is 17.9 Å². The lowest BCUT2D eigenvalue weighted by molar-refractivity contribution is -0.119. The molecule has 0 spiro atoms. The predicted octanol–water partition coefficient (Wildman–Crippen LogP) is 1.07. The minimum atomic E-state index is -0.291. The first-order valence-corrected chi connectivity index (χ1v) is 4.81. The lowest BCUT2D eigenvalue weighted by Crippen LogP contribution is -2.24. The zero-order valence-corrected chi connectivity index (χ0v) is 8.76. The normalized spacial score (nSPS) is 9.31. The molecule has 0 aliphatic rings.